The van der Waals surface area contributed by atoms with E-state index in [2.05, 4.69) is 9.93 Å². The lowest BCUT2D eigenvalue weighted by Crippen LogP contribution is -2.34. The van der Waals surface area contributed by atoms with Crippen molar-refractivity contribution in [2.75, 3.05) is 0 Å². The maximum atomic E-state index is 12.3. The second kappa shape index (κ2) is 6.68. The topological polar surface area (TPSA) is 84.8 Å². The Morgan fingerprint density at radius 3 is 2.56 bits per heavy atom. The minimum Gasteiger partial charge on any atom is -0.452 e. The molecule has 2 aromatic carbocycles. The Morgan fingerprint density at radius 2 is 1.84 bits per heavy atom. The summed E-state index contributed by atoms with van der Waals surface area (Å²) in [6.45, 7) is 3.50. The molecule has 0 bridgehead atoms. The number of aryl methyl sites for hydroxylation is 1. The molecule has 0 saturated carbocycles. The van der Waals surface area contributed by atoms with Gasteiger partial charge >= 0.3 is 5.97 Å². The van der Waals surface area contributed by atoms with Gasteiger partial charge in [0, 0.05) is 6.42 Å². The Kier molecular flexibility index (Phi) is 4.59. The van der Waals surface area contributed by atoms with Gasteiger partial charge in [-0.25, -0.2) is 9.63 Å². The highest BCUT2D eigenvalue weighted by Gasteiger charge is 2.28. The third-order valence-electron chi connectivity index (χ3n) is 4.03. The highest BCUT2D eigenvalue weighted by atomic mass is 32.2. The highest BCUT2D eigenvalue weighted by Crippen LogP contribution is 2.21. The van der Waals surface area contributed by atoms with Gasteiger partial charge in [0.15, 0.2) is 0 Å². The van der Waals surface area contributed by atoms with Gasteiger partial charge in [-0.1, -0.05) is 35.9 Å². The molecule has 0 unspecified atom stereocenters. The number of esters is 1. The molecule has 1 heterocycles. The first-order chi connectivity index (χ1) is 11.9. The standard InChI is InChI=1S/C18H18N2O4S/c1-12-7-9-15(10-8-12)25(22,23)20-19-13(2)17-11-14-5-3-4-6-16(14)18(21)24-17/h3-10,17,20H,11H2,1-2H3/b19-13-/t17-/m0/s1. The summed E-state index contributed by atoms with van der Waals surface area (Å²) in [5.41, 5.74) is 2.75. The number of rotatable bonds is 4. The summed E-state index contributed by atoms with van der Waals surface area (Å²) in [6.07, 6.45) is -0.133. The minimum absolute atomic E-state index is 0.126. The van der Waals surface area contributed by atoms with Gasteiger partial charge in [0.25, 0.3) is 10.0 Å². The first kappa shape index (κ1) is 17.2. The van der Waals surface area contributed by atoms with Crippen LogP contribution in [0, 0.1) is 6.92 Å². The van der Waals surface area contributed by atoms with E-state index in [9.17, 15) is 13.2 Å². The SMILES string of the molecule is C/C(=N/NS(=O)(=O)c1ccc(C)cc1)[C@@H]1Cc2ccccc2C(=O)O1. The van der Waals surface area contributed by atoms with E-state index in [1.807, 2.05) is 19.1 Å². The monoisotopic (exact) mass is 358 g/mol. The van der Waals surface area contributed by atoms with Gasteiger partial charge < -0.3 is 4.74 Å². The molecule has 0 amide bonds. The molecule has 1 atom stereocenters. The van der Waals surface area contributed by atoms with E-state index in [1.54, 1.807) is 31.2 Å². The van der Waals surface area contributed by atoms with Crippen molar-refractivity contribution in [2.45, 2.75) is 31.3 Å². The molecule has 3 rings (SSSR count). The van der Waals surface area contributed by atoms with Crippen LogP contribution in [-0.4, -0.2) is 26.2 Å². The van der Waals surface area contributed by atoms with Crippen molar-refractivity contribution in [3.8, 4) is 0 Å². The zero-order valence-corrected chi connectivity index (χ0v) is 14.7. The average Bonchev–Trinajstić information content (AvgIpc) is 2.60. The third-order valence-corrected chi connectivity index (χ3v) is 5.26. The molecule has 6 nitrogen and oxygen atoms in total. The molecule has 25 heavy (non-hydrogen) atoms. The number of hydrogen-bond acceptors (Lipinski definition) is 5. The summed E-state index contributed by atoms with van der Waals surface area (Å²) >= 11 is 0. The van der Waals surface area contributed by atoms with E-state index in [1.165, 1.54) is 12.1 Å². The number of carbonyl (C=O) groups excluding carboxylic acids is 1. The number of nitrogens with one attached hydrogen (secondary N) is 1. The normalized spacial score (nSPS) is 17.6. The number of fused-ring (bicyclic) bond motifs is 1. The maximum absolute atomic E-state index is 12.3. The zero-order valence-electron chi connectivity index (χ0n) is 13.9. The van der Waals surface area contributed by atoms with Gasteiger partial charge in [-0.15, -0.1) is 0 Å². The average molecular weight is 358 g/mol. The molecule has 7 heteroatoms. The highest BCUT2D eigenvalue weighted by molar-refractivity contribution is 7.89. The number of hydrogen-bond donors (Lipinski definition) is 1. The van der Waals surface area contributed by atoms with Crippen molar-refractivity contribution in [2.24, 2.45) is 5.10 Å². The largest absolute Gasteiger partial charge is 0.452 e. The maximum Gasteiger partial charge on any atom is 0.339 e. The minimum atomic E-state index is -3.76. The number of ether oxygens (including phenoxy) is 1. The smallest absolute Gasteiger partial charge is 0.339 e. The molecule has 0 spiro atoms. The molecule has 0 radical (unpaired) electrons. The van der Waals surface area contributed by atoms with Crippen LogP contribution in [0.15, 0.2) is 58.5 Å². The lowest BCUT2D eigenvalue weighted by molar-refractivity contribution is 0.0389. The van der Waals surface area contributed by atoms with Crippen LogP contribution in [0.4, 0.5) is 0 Å². The van der Waals surface area contributed by atoms with E-state index >= 15 is 0 Å². The van der Waals surface area contributed by atoms with Crippen LogP contribution in [0.2, 0.25) is 0 Å². The number of carbonyl (C=O) groups is 1. The number of hydrazone groups is 1. The third kappa shape index (κ3) is 3.71. The van der Waals surface area contributed by atoms with Crippen LogP contribution in [0.5, 0.6) is 0 Å². The first-order valence-corrected chi connectivity index (χ1v) is 9.27. The molecule has 2 aromatic rings. The summed E-state index contributed by atoms with van der Waals surface area (Å²) in [5, 5.41) is 3.93. The zero-order chi connectivity index (χ0) is 18.0. The Labute approximate surface area is 146 Å². The molecular weight excluding hydrogens is 340 g/mol. The van der Waals surface area contributed by atoms with Crippen molar-refractivity contribution in [3.63, 3.8) is 0 Å². The molecule has 1 aliphatic heterocycles. The molecule has 1 N–H and O–H groups in total. The molecule has 0 saturated heterocycles. The predicted octanol–water partition coefficient (Wildman–Crippen LogP) is 2.43. The van der Waals surface area contributed by atoms with Crippen LogP contribution in [0.25, 0.3) is 0 Å². The Morgan fingerprint density at radius 1 is 1.16 bits per heavy atom. The fourth-order valence-corrected chi connectivity index (χ4v) is 3.40. The molecular formula is C18H18N2O4S. The van der Waals surface area contributed by atoms with Gasteiger partial charge in [-0.2, -0.15) is 13.5 Å². The quantitative estimate of drug-likeness (QED) is 0.517. The summed E-state index contributed by atoms with van der Waals surface area (Å²) in [5.74, 6) is -0.428. The molecule has 0 aromatic heterocycles. The van der Waals surface area contributed by atoms with E-state index in [0.29, 0.717) is 17.7 Å². The van der Waals surface area contributed by atoms with Crippen molar-refractivity contribution in [1.29, 1.82) is 0 Å². The van der Waals surface area contributed by atoms with E-state index in [0.717, 1.165) is 11.1 Å². The predicted molar refractivity (Wildman–Crippen MR) is 94.0 cm³/mol. The van der Waals surface area contributed by atoms with Crippen LogP contribution < -0.4 is 4.83 Å². The Bertz CT molecular complexity index is 934. The van der Waals surface area contributed by atoms with Crippen LogP contribution in [0.3, 0.4) is 0 Å². The van der Waals surface area contributed by atoms with Crippen molar-refractivity contribution in [3.05, 3.63) is 65.2 Å². The second-order valence-electron chi connectivity index (χ2n) is 5.92. The summed E-state index contributed by atoms with van der Waals surface area (Å²) in [4.78, 5) is 14.4. The van der Waals surface area contributed by atoms with Gasteiger partial charge in [0.1, 0.15) is 6.10 Å². The van der Waals surface area contributed by atoms with E-state index in [4.69, 9.17) is 4.74 Å². The van der Waals surface area contributed by atoms with Crippen molar-refractivity contribution >= 4 is 21.7 Å². The second-order valence-corrected chi connectivity index (χ2v) is 7.58. The number of sulfonamides is 1. The number of benzene rings is 2. The molecule has 0 fully saturated rings. The van der Waals surface area contributed by atoms with E-state index < -0.39 is 22.1 Å². The van der Waals surface area contributed by atoms with Crippen LogP contribution >= 0.6 is 0 Å². The van der Waals surface area contributed by atoms with Gasteiger partial charge in [0.05, 0.1) is 16.2 Å². The van der Waals surface area contributed by atoms with Crippen LogP contribution in [0.1, 0.15) is 28.4 Å². The molecule has 130 valence electrons. The van der Waals surface area contributed by atoms with Crippen LogP contribution in [-0.2, 0) is 21.2 Å². The lowest BCUT2D eigenvalue weighted by Gasteiger charge is -2.24. The van der Waals surface area contributed by atoms with Crippen molar-refractivity contribution in [1.82, 2.24) is 4.83 Å². The fourth-order valence-electron chi connectivity index (χ4n) is 2.54. The number of cyclic esters (lactones) is 1. The van der Waals surface area contributed by atoms with E-state index in [-0.39, 0.29) is 4.90 Å². The molecule has 1 aliphatic rings. The Hall–Kier alpha value is -2.67. The lowest BCUT2D eigenvalue weighted by atomic mass is 9.97. The fraction of sp³-hybridized carbons (Fsp3) is 0.222. The van der Waals surface area contributed by atoms with Gasteiger partial charge in [-0.3, -0.25) is 0 Å². The first-order valence-electron chi connectivity index (χ1n) is 7.78. The summed E-state index contributed by atoms with van der Waals surface area (Å²) in [6, 6.07) is 13.6. The summed E-state index contributed by atoms with van der Waals surface area (Å²) in [7, 11) is -3.76. The Balaban J connectivity index is 1.76. The van der Waals surface area contributed by atoms with Gasteiger partial charge in [0.2, 0.25) is 0 Å². The van der Waals surface area contributed by atoms with Gasteiger partial charge in [-0.05, 0) is 37.6 Å². The van der Waals surface area contributed by atoms with Crippen molar-refractivity contribution < 1.29 is 17.9 Å². The summed E-state index contributed by atoms with van der Waals surface area (Å²) < 4.78 is 29.9. The number of nitrogens with zero attached hydrogens (tertiary/aromatic N) is 1. The molecule has 0 aliphatic carbocycles.